The lowest BCUT2D eigenvalue weighted by Crippen LogP contribution is -2.27. The van der Waals surface area contributed by atoms with Crippen molar-refractivity contribution >= 4 is 23.3 Å². The SMILES string of the molecule is O=C(C=Cc1ccc(-c2ccc(F)cc2)s1)NCC1CCOC1. The standard InChI is InChI=1S/C18H18FNO2S/c19-15-3-1-14(2-4-15)17-7-5-16(23-17)6-8-18(21)20-11-13-9-10-22-12-13/h1-8,13H,9-12H2,(H,20,21). The number of rotatable bonds is 5. The summed E-state index contributed by atoms with van der Waals surface area (Å²) in [4.78, 5) is 13.9. The van der Waals surface area contributed by atoms with Gasteiger partial charge in [-0.3, -0.25) is 4.79 Å². The zero-order chi connectivity index (χ0) is 16.1. The molecule has 3 rings (SSSR count). The molecule has 2 heterocycles. The molecule has 1 saturated heterocycles. The van der Waals surface area contributed by atoms with Crippen LogP contribution in [-0.4, -0.2) is 25.7 Å². The molecule has 0 aliphatic carbocycles. The average molecular weight is 331 g/mol. The number of carbonyl (C=O) groups excluding carboxylic acids is 1. The van der Waals surface area contributed by atoms with E-state index < -0.39 is 0 Å². The second-order valence-electron chi connectivity index (χ2n) is 5.52. The molecule has 1 amide bonds. The van der Waals surface area contributed by atoms with E-state index in [1.165, 1.54) is 12.1 Å². The van der Waals surface area contributed by atoms with E-state index in [2.05, 4.69) is 5.32 Å². The zero-order valence-electron chi connectivity index (χ0n) is 12.6. The van der Waals surface area contributed by atoms with E-state index in [4.69, 9.17) is 4.74 Å². The number of hydrogen-bond donors (Lipinski definition) is 1. The zero-order valence-corrected chi connectivity index (χ0v) is 13.4. The highest BCUT2D eigenvalue weighted by atomic mass is 32.1. The van der Waals surface area contributed by atoms with Gasteiger partial charge in [-0.05, 0) is 42.3 Å². The van der Waals surface area contributed by atoms with Gasteiger partial charge in [0.05, 0.1) is 6.61 Å². The molecule has 1 aromatic heterocycles. The van der Waals surface area contributed by atoms with Crippen molar-refractivity contribution in [3.8, 4) is 10.4 Å². The molecule has 5 heteroatoms. The normalized spacial score (nSPS) is 17.7. The summed E-state index contributed by atoms with van der Waals surface area (Å²) < 4.78 is 18.2. The van der Waals surface area contributed by atoms with Crippen molar-refractivity contribution in [1.82, 2.24) is 5.32 Å². The Labute approximate surface area is 138 Å². The maximum atomic E-state index is 12.9. The summed E-state index contributed by atoms with van der Waals surface area (Å²) in [6.45, 7) is 2.18. The Balaban J connectivity index is 1.55. The van der Waals surface area contributed by atoms with E-state index in [-0.39, 0.29) is 11.7 Å². The van der Waals surface area contributed by atoms with Crippen molar-refractivity contribution in [2.24, 2.45) is 5.92 Å². The summed E-state index contributed by atoms with van der Waals surface area (Å²) in [5, 5.41) is 2.90. The molecular weight excluding hydrogens is 313 g/mol. The fourth-order valence-corrected chi connectivity index (χ4v) is 3.33. The van der Waals surface area contributed by atoms with Crippen LogP contribution in [-0.2, 0) is 9.53 Å². The molecule has 1 aliphatic rings. The predicted molar refractivity (Wildman–Crippen MR) is 90.7 cm³/mol. The van der Waals surface area contributed by atoms with E-state index >= 15 is 0 Å². The summed E-state index contributed by atoms with van der Waals surface area (Å²) >= 11 is 1.57. The molecule has 23 heavy (non-hydrogen) atoms. The number of ether oxygens (including phenoxy) is 1. The predicted octanol–water partition coefficient (Wildman–Crippen LogP) is 3.72. The topological polar surface area (TPSA) is 38.3 Å². The minimum absolute atomic E-state index is 0.0892. The van der Waals surface area contributed by atoms with E-state index in [0.717, 1.165) is 35.0 Å². The van der Waals surface area contributed by atoms with Crippen LogP contribution in [0.4, 0.5) is 4.39 Å². The lowest BCUT2D eigenvalue weighted by molar-refractivity contribution is -0.116. The van der Waals surface area contributed by atoms with E-state index in [1.54, 1.807) is 35.6 Å². The minimum atomic E-state index is -0.241. The van der Waals surface area contributed by atoms with Crippen LogP contribution in [0.5, 0.6) is 0 Å². The molecule has 2 aromatic rings. The van der Waals surface area contributed by atoms with Crippen molar-refractivity contribution < 1.29 is 13.9 Å². The highest BCUT2D eigenvalue weighted by Gasteiger charge is 2.15. The number of halogens is 1. The number of benzene rings is 1. The Morgan fingerprint density at radius 1 is 1.30 bits per heavy atom. The Hall–Kier alpha value is -1.98. The number of carbonyl (C=O) groups is 1. The second-order valence-corrected chi connectivity index (χ2v) is 6.63. The molecule has 0 bridgehead atoms. The van der Waals surface area contributed by atoms with Crippen molar-refractivity contribution in [2.45, 2.75) is 6.42 Å². The minimum Gasteiger partial charge on any atom is -0.381 e. The van der Waals surface area contributed by atoms with Gasteiger partial charge in [0.2, 0.25) is 5.91 Å². The highest BCUT2D eigenvalue weighted by Crippen LogP contribution is 2.28. The number of hydrogen-bond acceptors (Lipinski definition) is 3. The van der Waals surface area contributed by atoms with Gasteiger partial charge in [-0.2, -0.15) is 0 Å². The first-order chi connectivity index (χ1) is 11.2. The highest BCUT2D eigenvalue weighted by molar-refractivity contribution is 7.16. The maximum Gasteiger partial charge on any atom is 0.244 e. The largest absolute Gasteiger partial charge is 0.381 e. The van der Waals surface area contributed by atoms with Crippen LogP contribution >= 0.6 is 11.3 Å². The van der Waals surface area contributed by atoms with E-state index in [0.29, 0.717) is 12.5 Å². The summed E-state index contributed by atoms with van der Waals surface area (Å²) in [5.74, 6) is 0.0996. The van der Waals surface area contributed by atoms with Crippen molar-refractivity contribution in [2.75, 3.05) is 19.8 Å². The van der Waals surface area contributed by atoms with Gasteiger partial charge < -0.3 is 10.1 Å². The molecule has 1 unspecified atom stereocenters. The molecule has 120 valence electrons. The number of nitrogens with one attached hydrogen (secondary N) is 1. The molecular formula is C18H18FNO2S. The van der Waals surface area contributed by atoms with Crippen LogP contribution in [0.1, 0.15) is 11.3 Å². The van der Waals surface area contributed by atoms with Crippen LogP contribution in [0.25, 0.3) is 16.5 Å². The molecule has 1 fully saturated rings. The molecule has 1 N–H and O–H groups in total. The van der Waals surface area contributed by atoms with Crippen LogP contribution in [0, 0.1) is 11.7 Å². The molecule has 0 spiro atoms. The third kappa shape index (κ3) is 4.50. The van der Waals surface area contributed by atoms with E-state index in [9.17, 15) is 9.18 Å². The maximum absolute atomic E-state index is 12.9. The van der Waals surface area contributed by atoms with Crippen LogP contribution in [0.15, 0.2) is 42.5 Å². The molecule has 0 saturated carbocycles. The lowest BCUT2D eigenvalue weighted by Gasteiger charge is -2.06. The number of amides is 1. The van der Waals surface area contributed by atoms with Gasteiger partial charge in [-0.15, -0.1) is 11.3 Å². The molecule has 1 aliphatic heterocycles. The summed E-state index contributed by atoms with van der Waals surface area (Å²) in [6.07, 6.45) is 4.37. The fraction of sp³-hybridized carbons (Fsp3) is 0.278. The smallest absolute Gasteiger partial charge is 0.244 e. The van der Waals surface area contributed by atoms with Gasteiger partial charge in [0.25, 0.3) is 0 Å². The molecule has 0 radical (unpaired) electrons. The summed E-state index contributed by atoms with van der Waals surface area (Å²) in [5.41, 5.74) is 0.974. The Kier molecular flexibility index (Phi) is 5.20. The van der Waals surface area contributed by atoms with Crippen molar-refractivity contribution in [1.29, 1.82) is 0 Å². The molecule has 1 atom stereocenters. The fourth-order valence-electron chi connectivity index (χ4n) is 2.42. The first-order valence-corrected chi connectivity index (χ1v) is 8.42. The van der Waals surface area contributed by atoms with Gasteiger partial charge in [-0.25, -0.2) is 4.39 Å². The van der Waals surface area contributed by atoms with Gasteiger partial charge in [-0.1, -0.05) is 12.1 Å². The Morgan fingerprint density at radius 3 is 2.87 bits per heavy atom. The first kappa shape index (κ1) is 15.9. The summed E-state index contributed by atoms with van der Waals surface area (Å²) in [7, 11) is 0. The monoisotopic (exact) mass is 331 g/mol. The second kappa shape index (κ2) is 7.53. The van der Waals surface area contributed by atoms with Gasteiger partial charge in [0.1, 0.15) is 5.82 Å². The summed E-state index contributed by atoms with van der Waals surface area (Å²) in [6, 6.07) is 10.3. The van der Waals surface area contributed by atoms with Gasteiger partial charge >= 0.3 is 0 Å². The number of thiophene rings is 1. The van der Waals surface area contributed by atoms with Gasteiger partial charge in [0, 0.05) is 34.9 Å². The lowest BCUT2D eigenvalue weighted by atomic mass is 10.1. The Bertz CT molecular complexity index is 687. The Morgan fingerprint density at radius 2 is 2.13 bits per heavy atom. The quantitative estimate of drug-likeness (QED) is 0.848. The molecule has 3 nitrogen and oxygen atoms in total. The van der Waals surface area contributed by atoms with Crippen LogP contribution in [0.2, 0.25) is 0 Å². The van der Waals surface area contributed by atoms with Gasteiger partial charge in [0.15, 0.2) is 0 Å². The third-order valence-electron chi connectivity index (χ3n) is 3.74. The van der Waals surface area contributed by atoms with Crippen LogP contribution in [0.3, 0.4) is 0 Å². The van der Waals surface area contributed by atoms with E-state index in [1.807, 2.05) is 12.1 Å². The third-order valence-corrected chi connectivity index (χ3v) is 4.84. The first-order valence-electron chi connectivity index (χ1n) is 7.60. The van der Waals surface area contributed by atoms with Crippen LogP contribution < -0.4 is 5.32 Å². The van der Waals surface area contributed by atoms with Crippen molar-refractivity contribution in [3.05, 3.63) is 53.2 Å². The van der Waals surface area contributed by atoms with Crippen molar-refractivity contribution in [3.63, 3.8) is 0 Å². The average Bonchev–Trinajstić information content (AvgIpc) is 3.23. The molecule has 1 aromatic carbocycles.